The first kappa shape index (κ1) is 12.7. The smallest absolute Gasteiger partial charge is 0.223 e. The van der Waals surface area contributed by atoms with Crippen LogP contribution in [0.1, 0.15) is 31.6 Å². The van der Waals surface area contributed by atoms with Gasteiger partial charge in [-0.05, 0) is 45.6 Å². The van der Waals surface area contributed by atoms with Crippen molar-refractivity contribution in [1.29, 1.82) is 0 Å². The average molecular weight is 276 g/mol. The summed E-state index contributed by atoms with van der Waals surface area (Å²) in [6.07, 6.45) is 2.69. The Morgan fingerprint density at radius 2 is 2.16 bits per heavy atom. The maximum Gasteiger partial charge on any atom is 0.223 e. The highest BCUT2D eigenvalue weighted by atomic mass is 32.1. The lowest BCUT2D eigenvalue weighted by Crippen LogP contribution is -2.33. The van der Waals surface area contributed by atoms with Crippen LogP contribution in [0.5, 0.6) is 0 Å². The van der Waals surface area contributed by atoms with E-state index in [0.717, 1.165) is 28.5 Å². The van der Waals surface area contributed by atoms with Gasteiger partial charge >= 0.3 is 0 Å². The number of nitrogens with two attached hydrogens (primary N) is 1. The topological polar surface area (TPSA) is 55.0 Å². The van der Waals surface area contributed by atoms with E-state index >= 15 is 0 Å². The summed E-state index contributed by atoms with van der Waals surface area (Å²) >= 11 is 1.69. The number of nitrogens with zero attached hydrogens (tertiary/aromatic N) is 3. The summed E-state index contributed by atoms with van der Waals surface area (Å²) in [6, 6.07) is 2.61. The quantitative estimate of drug-likeness (QED) is 0.931. The van der Waals surface area contributed by atoms with Crippen molar-refractivity contribution in [2.75, 3.05) is 17.2 Å². The van der Waals surface area contributed by atoms with Crippen LogP contribution in [-0.4, -0.2) is 22.6 Å². The molecule has 0 spiro atoms. The Hall–Kier alpha value is -1.36. The molecule has 1 fully saturated rings. The molecule has 0 radical (unpaired) electrons. The summed E-state index contributed by atoms with van der Waals surface area (Å²) in [5, 5.41) is 1.14. The zero-order valence-corrected chi connectivity index (χ0v) is 12.5. The lowest BCUT2D eigenvalue weighted by Gasteiger charge is -2.28. The highest BCUT2D eigenvalue weighted by molar-refractivity contribution is 7.18. The minimum absolute atomic E-state index is 0.380. The lowest BCUT2D eigenvalue weighted by molar-refractivity contribution is 0.639. The molecule has 1 saturated carbocycles. The average Bonchev–Trinajstić information content (AvgIpc) is 3.06. The molecule has 2 N–H and O–H groups in total. The predicted molar refractivity (Wildman–Crippen MR) is 81.8 cm³/mol. The molecular formula is C14H20N4S. The van der Waals surface area contributed by atoms with Gasteiger partial charge in [-0.15, -0.1) is 11.3 Å². The van der Waals surface area contributed by atoms with Crippen LogP contribution in [0.25, 0.3) is 10.2 Å². The van der Waals surface area contributed by atoms with Gasteiger partial charge in [-0.3, -0.25) is 0 Å². The van der Waals surface area contributed by atoms with Crippen LogP contribution in [0.3, 0.4) is 0 Å². The first-order valence-corrected chi connectivity index (χ1v) is 7.66. The first-order chi connectivity index (χ1) is 9.04. The predicted octanol–water partition coefficient (Wildman–Crippen LogP) is 3.21. The van der Waals surface area contributed by atoms with Crippen LogP contribution in [0, 0.1) is 12.8 Å². The van der Waals surface area contributed by atoms with E-state index in [2.05, 4.69) is 41.7 Å². The zero-order chi connectivity index (χ0) is 13.6. The molecule has 0 aliphatic heterocycles. The van der Waals surface area contributed by atoms with Crippen LogP contribution in [0.15, 0.2) is 6.07 Å². The Kier molecular flexibility index (Phi) is 3.09. The Morgan fingerprint density at radius 1 is 1.42 bits per heavy atom. The molecule has 1 aliphatic carbocycles. The van der Waals surface area contributed by atoms with E-state index in [1.165, 1.54) is 17.7 Å². The van der Waals surface area contributed by atoms with Gasteiger partial charge in [-0.2, -0.15) is 4.98 Å². The number of aryl methyl sites for hydroxylation is 1. The van der Waals surface area contributed by atoms with Gasteiger partial charge in [-0.1, -0.05) is 0 Å². The molecule has 0 amide bonds. The molecule has 0 unspecified atom stereocenters. The molecule has 0 atom stereocenters. The van der Waals surface area contributed by atoms with Crippen LogP contribution >= 0.6 is 11.3 Å². The molecule has 2 aromatic heterocycles. The summed E-state index contributed by atoms with van der Waals surface area (Å²) in [5.74, 6) is 2.22. The standard InChI is InChI=1S/C14H20N4S/c1-8(2)18(7-10-4-5-10)12-11-6-9(3)19-13(11)17-14(15)16-12/h6,8,10H,4-5,7H2,1-3H3,(H2,15,16,17). The van der Waals surface area contributed by atoms with Crippen LogP contribution in [-0.2, 0) is 0 Å². The molecule has 0 bridgehead atoms. The third-order valence-electron chi connectivity index (χ3n) is 3.56. The van der Waals surface area contributed by atoms with Gasteiger partial charge in [0, 0.05) is 17.5 Å². The highest BCUT2D eigenvalue weighted by Gasteiger charge is 2.27. The molecular weight excluding hydrogens is 256 g/mol. The fourth-order valence-corrected chi connectivity index (χ4v) is 3.26. The van der Waals surface area contributed by atoms with Crippen molar-refractivity contribution in [2.24, 2.45) is 5.92 Å². The van der Waals surface area contributed by atoms with Crippen molar-refractivity contribution in [3.8, 4) is 0 Å². The Labute approximate surface area is 117 Å². The van der Waals surface area contributed by atoms with E-state index in [0.29, 0.717) is 12.0 Å². The second kappa shape index (κ2) is 4.63. The largest absolute Gasteiger partial charge is 0.368 e. The lowest BCUT2D eigenvalue weighted by atomic mass is 10.2. The van der Waals surface area contributed by atoms with E-state index < -0.39 is 0 Å². The van der Waals surface area contributed by atoms with Gasteiger partial charge in [-0.25, -0.2) is 4.98 Å². The number of rotatable bonds is 4. The summed E-state index contributed by atoms with van der Waals surface area (Å²) < 4.78 is 0. The van der Waals surface area contributed by atoms with E-state index in [4.69, 9.17) is 5.73 Å². The molecule has 5 heteroatoms. The van der Waals surface area contributed by atoms with E-state index in [1.807, 2.05) is 0 Å². The minimum atomic E-state index is 0.380. The number of thiophene rings is 1. The number of hydrogen-bond acceptors (Lipinski definition) is 5. The van der Waals surface area contributed by atoms with E-state index in [1.54, 1.807) is 11.3 Å². The molecule has 2 heterocycles. The Balaban J connectivity index is 2.09. The molecule has 2 aromatic rings. The van der Waals surface area contributed by atoms with Crippen molar-refractivity contribution in [3.05, 3.63) is 10.9 Å². The number of nitrogen functional groups attached to an aromatic ring is 1. The normalized spacial score (nSPS) is 15.4. The summed E-state index contributed by atoms with van der Waals surface area (Å²) in [4.78, 5) is 13.5. The minimum Gasteiger partial charge on any atom is -0.368 e. The van der Waals surface area contributed by atoms with Crippen molar-refractivity contribution in [2.45, 2.75) is 39.7 Å². The second-order valence-corrected chi connectivity index (χ2v) is 6.91. The van der Waals surface area contributed by atoms with Crippen molar-refractivity contribution >= 4 is 33.3 Å². The molecule has 1 aliphatic rings. The van der Waals surface area contributed by atoms with Gasteiger partial charge in [0.25, 0.3) is 0 Å². The number of anilines is 2. The number of aromatic nitrogens is 2. The van der Waals surface area contributed by atoms with Crippen molar-refractivity contribution in [3.63, 3.8) is 0 Å². The van der Waals surface area contributed by atoms with Gasteiger partial charge in [0.1, 0.15) is 10.6 Å². The van der Waals surface area contributed by atoms with Crippen LogP contribution in [0.2, 0.25) is 0 Å². The van der Waals surface area contributed by atoms with Crippen LogP contribution in [0.4, 0.5) is 11.8 Å². The van der Waals surface area contributed by atoms with Crippen molar-refractivity contribution in [1.82, 2.24) is 9.97 Å². The number of hydrogen-bond donors (Lipinski definition) is 1. The fraction of sp³-hybridized carbons (Fsp3) is 0.571. The van der Waals surface area contributed by atoms with Gasteiger partial charge < -0.3 is 10.6 Å². The van der Waals surface area contributed by atoms with Gasteiger partial charge in [0.2, 0.25) is 5.95 Å². The zero-order valence-electron chi connectivity index (χ0n) is 11.7. The maximum absolute atomic E-state index is 5.88. The molecule has 0 saturated heterocycles. The molecule has 4 nitrogen and oxygen atoms in total. The molecule has 0 aromatic carbocycles. The molecule has 19 heavy (non-hydrogen) atoms. The summed E-state index contributed by atoms with van der Waals surface area (Å²) in [6.45, 7) is 7.61. The van der Waals surface area contributed by atoms with E-state index in [9.17, 15) is 0 Å². The van der Waals surface area contributed by atoms with Crippen molar-refractivity contribution < 1.29 is 0 Å². The summed E-state index contributed by atoms with van der Waals surface area (Å²) in [5.41, 5.74) is 5.88. The van der Waals surface area contributed by atoms with E-state index in [-0.39, 0.29) is 0 Å². The second-order valence-electron chi connectivity index (χ2n) is 5.67. The SMILES string of the molecule is Cc1cc2c(N(CC3CC3)C(C)C)nc(N)nc2s1. The van der Waals surface area contributed by atoms with Gasteiger partial charge in [0.15, 0.2) is 0 Å². The summed E-state index contributed by atoms with van der Waals surface area (Å²) in [7, 11) is 0. The fourth-order valence-electron chi connectivity index (χ4n) is 2.38. The van der Waals surface area contributed by atoms with Gasteiger partial charge in [0.05, 0.1) is 5.39 Å². The highest BCUT2D eigenvalue weighted by Crippen LogP contribution is 2.36. The molecule has 3 rings (SSSR count). The maximum atomic E-state index is 5.88. The third kappa shape index (κ3) is 2.52. The third-order valence-corrected chi connectivity index (χ3v) is 4.50. The molecule has 102 valence electrons. The first-order valence-electron chi connectivity index (χ1n) is 6.85. The monoisotopic (exact) mass is 276 g/mol. The Bertz CT molecular complexity index is 601. The Morgan fingerprint density at radius 3 is 2.79 bits per heavy atom. The number of fused-ring (bicyclic) bond motifs is 1. The van der Waals surface area contributed by atoms with Crippen LogP contribution < -0.4 is 10.6 Å².